The number of hydrogen-bond acceptors (Lipinski definition) is 5. The molecule has 1 unspecified atom stereocenters. The van der Waals surface area contributed by atoms with Crippen LogP contribution in [-0.2, 0) is 0 Å². The standard InChI is InChI=1S/C18H36N3O2P/c1-4-7-12-20-24(18(19)9-6-3,21-13-8-5-2)17-14-15(22)10-11-16(17)23/h10-11,14,18,20-24H,4-9,12-13,19H2,1-3H3. The molecule has 0 fully saturated rings. The van der Waals surface area contributed by atoms with E-state index in [1.54, 1.807) is 12.1 Å². The van der Waals surface area contributed by atoms with Crippen LogP contribution in [0.1, 0.15) is 59.3 Å². The van der Waals surface area contributed by atoms with Crippen LogP contribution in [0.25, 0.3) is 0 Å². The van der Waals surface area contributed by atoms with E-state index >= 15 is 0 Å². The molecule has 0 bridgehead atoms. The predicted octanol–water partition coefficient (Wildman–Crippen LogP) is 3.17. The molecule has 0 aliphatic heterocycles. The summed E-state index contributed by atoms with van der Waals surface area (Å²) >= 11 is 0. The number of unbranched alkanes of at least 4 members (excludes halogenated alkanes) is 2. The molecule has 0 aliphatic carbocycles. The second-order valence-corrected chi connectivity index (χ2v) is 10.1. The van der Waals surface area contributed by atoms with Crippen LogP contribution in [0.3, 0.4) is 0 Å². The molecule has 5 nitrogen and oxygen atoms in total. The molecule has 0 saturated heterocycles. The fourth-order valence-electron chi connectivity index (χ4n) is 3.01. The Morgan fingerprint density at radius 1 is 1.00 bits per heavy atom. The SMILES string of the molecule is CCCCN[PH](NCCCC)(c1cc(O)ccc1O)C(N)CCC. The van der Waals surface area contributed by atoms with E-state index in [1.165, 1.54) is 6.07 Å². The van der Waals surface area contributed by atoms with Gasteiger partial charge in [0, 0.05) is 0 Å². The number of hydrogen-bond donors (Lipinski definition) is 5. The van der Waals surface area contributed by atoms with Crippen molar-refractivity contribution in [1.29, 1.82) is 0 Å². The van der Waals surface area contributed by atoms with Gasteiger partial charge in [0.1, 0.15) is 0 Å². The van der Waals surface area contributed by atoms with E-state index in [9.17, 15) is 10.2 Å². The van der Waals surface area contributed by atoms with Gasteiger partial charge in [-0.05, 0) is 0 Å². The Hall–Kier alpha value is -0.870. The third-order valence-electron chi connectivity index (χ3n) is 4.43. The zero-order valence-corrected chi connectivity index (χ0v) is 16.4. The average molecular weight is 357 g/mol. The van der Waals surface area contributed by atoms with Crippen molar-refractivity contribution in [2.75, 3.05) is 13.1 Å². The summed E-state index contributed by atoms with van der Waals surface area (Å²) in [7, 11) is -2.58. The van der Waals surface area contributed by atoms with Gasteiger partial charge in [0.2, 0.25) is 0 Å². The summed E-state index contributed by atoms with van der Waals surface area (Å²) in [6, 6.07) is 4.75. The molecular weight excluding hydrogens is 321 g/mol. The van der Waals surface area contributed by atoms with Crippen LogP contribution in [0, 0.1) is 0 Å². The predicted molar refractivity (Wildman–Crippen MR) is 106 cm³/mol. The summed E-state index contributed by atoms with van der Waals surface area (Å²) in [6.45, 7) is 8.16. The molecule has 0 heterocycles. The minimum absolute atomic E-state index is 0.0797. The summed E-state index contributed by atoms with van der Waals surface area (Å²) in [5.74, 6) is 0.292. The van der Waals surface area contributed by atoms with Gasteiger partial charge in [-0.3, -0.25) is 0 Å². The second-order valence-electron chi connectivity index (χ2n) is 6.47. The topological polar surface area (TPSA) is 90.5 Å². The van der Waals surface area contributed by atoms with E-state index in [4.69, 9.17) is 5.73 Å². The summed E-state index contributed by atoms with van der Waals surface area (Å²) < 4.78 is 0. The number of rotatable bonds is 12. The van der Waals surface area contributed by atoms with Crippen molar-refractivity contribution in [3.05, 3.63) is 18.2 Å². The normalized spacial score (nSPS) is 13.8. The molecule has 0 aromatic heterocycles. The van der Waals surface area contributed by atoms with Crippen LogP contribution >= 0.6 is 7.56 Å². The van der Waals surface area contributed by atoms with Gasteiger partial charge in [-0.1, -0.05) is 0 Å². The summed E-state index contributed by atoms with van der Waals surface area (Å²) in [4.78, 5) is 0. The van der Waals surface area contributed by atoms with Gasteiger partial charge < -0.3 is 0 Å². The van der Waals surface area contributed by atoms with Gasteiger partial charge in [-0.15, -0.1) is 0 Å². The molecule has 140 valence electrons. The van der Waals surface area contributed by atoms with Crippen LogP contribution in [0.15, 0.2) is 18.2 Å². The first kappa shape index (κ1) is 21.2. The Balaban J connectivity index is 3.27. The van der Waals surface area contributed by atoms with Crippen molar-refractivity contribution in [2.45, 2.75) is 65.1 Å². The number of nitrogens with one attached hydrogen (secondary N) is 2. The Kier molecular flexibility index (Phi) is 9.60. The third-order valence-corrected chi connectivity index (χ3v) is 8.70. The van der Waals surface area contributed by atoms with Gasteiger partial charge in [-0.25, -0.2) is 0 Å². The molecular formula is C18H36N3O2P. The van der Waals surface area contributed by atoms with E-state index in [0.29, 0.717) is 0 Å². The quantitative estimate of drug-likeness (QED) is 0.225. The van der Waals surface area contributed by atoms with Crippen molar-refractivity contribution in [3.63, 3.8) is 0 Å². The van der Waals surface area contributed by atoms with Crippen molar-refractivity contribution in [2.24, 2.45) is 5.73 Å². The van der Waals surface area contributed by atoms with Crippen molar-refractivity contribution < 1.29 is 10.2 Å². The molecule has 1 aromatic rings. The zero-order chi connectivity index (χ0) is 18.0. The fourth-order valence-corrected chi connectivity index (χ4v) is 7.16. The molecule has 0 aliphatic rings. The van der Waals surface area contributed by atoms with E-state index in [2.05, 4.69) is 30.9 Å². The van der Waals surface area contributed by atoms with Gasteiger partial charge in [-0.2, -0.15) is 0 Å². The van der Waals surface area contributed by atoms with E-state index in [1.807, 2.05) is 0 Å². The maximum atomic E-state index is 10.5. The number of phenolic OH excluding ortho intramolecular Hbond substituents is 2. The Morgan fingerprint density at radius 2 is 1.58 bits per heavy atom. The van der Waals surface area contributed by atoms with E-state index in [-0.39, 0.29) is 17.3 Å². The van der Waals surface area contributed by atoms with Crippen LogP contribution in [0.2, 0.25) is 0 Å². The van der Waals surface area contributed by atoms with Crippen LogP contribution in [0.5, 0.6) is 11.5 Å². The average Bonchev–Trinajstić information content (AvgIpc) is 2.56. The summed E-state index contributed by atoms with van der Waals surface area (Å²) in [6.07, 6.45) is 6.17. The molecule has 0 spiro atoms. The van der Waals surface area contributed by atoms with Crippen LogP contribution < -0.4 is 21.2 Å². The Labute approximate surface area is 147 Å². The number of aromatic hydroxyl groups is 2. The molecule has 0 radical (unpaired) electrons. The van der Waals surface area contributed by atoms with Gasteiger partial charge in [0.15, 0.2) is 0 Å². The minimum atomic E-state index is -2.58. The van der Waals surface area contributed by atoms with E-state index in [0.717, 1.165) is 56.9 Å². The summed E-state index contributed by atoms with van der Waals surface area (Å²) in [5, 5.41) is 28.6. The molecule has 24 heavy (non-hydrogen) atoms. The van der Waals surface area contributed by atoms with Crippen molar-refractivity contribution in [3.8, 4) is 11.5 Å². The Bertz CT molecular complexity index is 475. The summed E-state index contributed by atoms with van der Waals surface area (Å²) in [5.41, 5.74) is 6.62. The van der Waals surface area contributed by atoms with Gasteiger partial charge in [0.05, 0.1) is 0 Å². The van der Waals surface area contributed by atoms with Gasteiger partial charge >= 0.3 is 147 Å². The van der Waals surface area contributed by atoms with Crippen LogP contribution in [-0.4, -0.2) is 29.1 Å². The van der Waals surface area contributed by atoms with Gasteiger partial charge in [0.25, 0.3) is 0 Å². The molecule has 0 amide bonds. The first-order valence-corrected chi connectivity index (χ1v) is 11.4. The van der Waals surface area contributed by atoms with Crippen molar-refractivity contribution >= 4 is 12.9 Å². The third kappa shape index (κ3) is 5.59. The van der Waals surface area contributed by atoms with Crippen molar-refractivity contribution in [1.82, 2.24) is 10.2 Å². The molecule has 6 heteroatoms. The molecule has 0 saturated carbocycles. The molecule has 6 N–H and O–H groups in total. The Morgan fingerprint density at radius 3 is 2.08 bits per heavy atom. The zero-order valence-electron chi connectivity index (χ0n) is 15.4. The molecule has 1 atom stereocenters. The van der Waals surface area contributed by atoms with E-state index < -0.39 is 7.56 Å². The fraction of sp³-hybridized carbons (Fsp3) is 0.667. The number of phenols is 2. The first-order chi connectivity index (χ1) is 11.5. The monoisotopic (exact) mass is 357 g/mol. The molecule has 1 aromatic carbocycles. The number of benzene rings is 1. The van der Waals surface area contributed by atoms with Crippen LogP contribution in [0.4, 0.5) is 0 Å². The second kappa shape index (κ2) is 10.9. The number of nitrogens with two attached hydrogens (primary N) is 1. The maximum absolute atomic E-state index is 10.5. The molecule has 1 rings (SSSR count). The first-order valence-electron chi connectivity index (χ1n) is 9.29.